The Morgan fingerprint density at radius 3 is 2.89 bits per heavy atom. The maximum atomic E-state index is 3.26. The van der Waals surface area contributed by atoms with Crippen molar-refractivity contribution in [2.75, 3.05) is 0 Å². The summed E-state index contributed by atoms with van der Waals surface area (Å²) in [4.78, 5) is 1.93. The van der Waals surface area contributed by atoms with E-state index in [1.807, 2.05) is 4.99 Å². The monoisotopic (exact) mass is 186 g/mol. The van der Waals surface area contributed by atoms with E-state index in [1.165, 1.54) is 31.3 Å². The van der Waals surface area contributed by atoms with Crippen molar-refractivity contribution in [2.45, 2.75) is 25.7 Å². The standard InChI is InChI=1S/C8H11Br/c9-7-6-8-4-2-1-3-5-8/h4,6-7H,1-3,5H2/b7-6+. The van der Waals surface area contributed by atoms with E-state index in [0.29, 0.717) is 0 Å². The highest BCUT2D eigenvalue weighted by Crippen LogP contribution is 2.18. The summed E-state index contributed by atoms with van der Waals surface area (Å²) in [5, 5.41) is 0. The molecule has 0 atom stereocenters. The summed E-state index contributed by atoms with van der Waals surface area (Å²) in [5.74, 6) is 0. The molecule has 0 heterocycles. The molecule has 0 unspecified atom stereocenters. The summed E-state index contributed by atoms with van der Waals surface area (Å²) < 4.78 is 0. The van der Waals surface area contributed by atoms with E-state index in [2.05, 4.69) is 28.1 Å². The lowest BCUT2D eigenvalue weighted by molar-refractivity contribution is 0.712. The SMILES string of the molecule is Br/C=C/C1=CCCCC1. The lowest BCUT2D eigenvalue weighted by Gasteiger charge is -2.06. The highest BCUT2D eigenvalue weighted by atomic mass is 79.9. The summed E-state index contributed by atoms with van der Waals surface area (Å²) in [7, 11) is 0. The molecule has 0 bridgehead atoms. The summed E-state index contributed by atoms with van der Waals surface area (Å²) in [6.45, 7) is 0. The molecule has 0 amide bonds. The molecule has 50 valence electrons. The van der Waals surface area contributed by atoms with Gasteiger partial charge in [0.05, 0.1) is 0 Å². The summed E-state index contributed by atoms with van der Waals surface area (Å²) in [6, 6.07) is 0. The quantitative estimate of drug-likeness (QED) is 0.590. The molecule has 0 saturated carbocycles. The molecule has 1 aliphatic carbocycles. The van der Waals surface area contributed by atoms with E-state index in [1.54, 1.807) is 0 Å². The van der Waals surface area contributed by atoms with Gasteiger partial charge in [0.15, 0.2) is 0 Å². The minimum atomic E-state index is 1.27. The van der Waals surface area contributed by atoms with Crippen molar-refractivity contribution in [2.24, 2.45) is 0 Å². The molecule has 0 aromatic rings. The summed E-state index contributed by atoms with van der Waals surface area (Å²) in [5.41, 5.74) is 1.48. The first kappa shape index (κ1) is 7.07. The molecule has 0 fully saturated rings. The molecule has 0 saturated heterocycles. The van der Waals surface area contributed by atoms with Crippen LogP contribution in [0.5, 0.6) is 0 Å². The third kappa shape index (κ3) is 2.35. The van der Waals surface area contributed by atoms with Crippen LogP contribution in [0.15, 0.2) is 22.7 Å². The van der Waals surface area contributed by atoms with Gasteiger partial charge in [0.1, 0.15) is 0 Å². The van der Waals surface area contributed by atoms with Gasteiger partial charge < -0.3 is 0 Å². The van der Waals surface area contributed by atoms with Crippen LogP contribution in [0, 0.1) is 0 Å². The van der Waals surface area contributed by atoms with Crippen LogP contribution in [-0.4, -0.2) is 0 Å². The van der Waals surface area contributed by atoms with Gasteiger partial charge in [-0.25, -0.2) is 0 Å². The molecule has 0 N–H and O–H groups in total. The topological polar surface area (TPSA) is 0 Å². The summed E-state index contributed by atoms with van der Waals surface area (Å²) >= 11 is 3.26. The normalized spacial score (nSPS) is 20.3. The zero-order valence-electron chi connectivity index (χ0n) is 5.44. The number of hydrogen-bond donors (Lipinski definition) is 0. The molecule has 0 radical (unpaired) electrons. The van der Waals surface area contributed by atoms with Gasteiger partial charge in [-0.1, -0.05) is 33.7 Å². The lowest BCUT2D eigenvalue weighted by Crippen LogP contribution is -1.87. The zero-order valence-corrected chi connectivity index (χ0v) is 7.02. The van der Waals surface area contributed by atoms with E-state index in [4.69, 9.17) is 0 Å². The van der Waals surface area contributed by atoms with Crippen molar-refractivity contribution < 1.29 is 0 Å². The van der Waals surface area contributed by atoms with Crippen molar-refractivity contribution in [1.82, 2.24) is 0 Å². The van der Waals surface area contributed by atoms with Crippen LogP contribution in [0.1, 0.15) is 25.7 Å². The number of halogens is 1. The van der Waals surface area contributed by atoms with Crippen molar-refractivity contribution >= 4 is 15.9 Å². The van der Waals surface area contributed by atoms with Gasteiger partial charge in [-0.15, -0.1) is 0 Å². The fraction of sp³-hybridized carbons (Fsp3) is 0.500. The third-order valence-corrected chi connectivity index (χ3v) is 1.87. The molecule has 1 aliphatic rings. The summed E-state index contributed by atoms with van der Waals surface area (Å²) in [6.07, 6.45) is 9.73. The van der Waals surface area contributed by atoms with Gasteiger partial charge in [-0.05, 0) is 30.7 Å². The first-order chi connectivity index (χ1) is 4.43. The third-order valence-electron chi connectivity index (χ3n) is 1.60. The van der Waals surface area contributed by atoms with Gasteiger partial charge in [0.25, 0.3) is 0 Å². The van der Waals surface area contributed by atoms with Gasteiger partial charge in [0.2, 0.25) is 0 Å². The average Bonchev–Trinajstić information content (AvgIpc) is 1.91. The van der Waals surface area contributed by atoms with E-state index < -0.39 is 0 Å². The Morgan fingerprint density at radius 2 is 2.33 bits per heavy atom. The number of allylic oxidation sites excluding steroid dienone is 3. The van der Waals surface area contributed by atoms with Crippen molar-refractivity contribution in [3.05, 3.63) is 22.7 Å². The van der Waals surface area contributed by atoms with Crippen LogP contribution in [0.2, 0.25) is 0 Å². The molecule has 0 nitrogen and oxygen atoms in total. The predicted molar refractivity (Wildman–Crippen MR) is 44.6 cm³/mol. The Balaban J connectivity index is 2.46. The van der Waals surface area contributed by atoms with E-state index >= 15 is 0 Å². The minimum Gasteiger partial charge on any atom is -0.0813 e. The van der Waals surface area contributed by atoms with Crippen molar-refractivity contribution in [3.63, 3.8) is 0 Å². The predicted octanol–water partition coefficient (Wildman–Crippen LogP) is 3.40. The maximum Gasteiger partial charge on any atom is -0.0186 e. The van der Waals surface area contributed by atoms with Gasteiger partial charge >= 0.3 is 0 Å². The molecular weight excluding hydrogens is 176 g/mol. The molecular formula is C8H11Br. The first-order valence-corrected chi connectivity index (χ1v) is 4.31. The molecule has 9 heavy (non-hydrogen) atoms. The van der Waals surface area contributed by atoms with Crippen LogP contribution in [0.4, 0.5) is 0 Å². The fourth-order valence-electron chi connectivity index (χ4n) is 1.10. The highest BCUT2D eigenvalue weighted by Gasteiger charge is 1.97. The second kappa shape index (κ2) is 3.89. The van der Waals surface area contributed by atoms with Crippen LogP contribution in [0.3, 0.4) is 0 Å². The van der Waals surface area contributed by atoms with Gasteiger partial charge in [-0.3, -0.25) is 0 Å². The Bertz CT molecular complexity index is 134. The van der Waals surface area contributed by atoms with E-state index in [0.717, 1.165) is 0 Å². The second-order valence-electron chi connectivity index (χ2n) is 2.32. The zero-order chi connectivity index (χ0) is 6.53. The molecule has 0 aromatic heterocycles. The van der Waals surface area contributed by atoms with Crippen LogP contribution in [-0.2, 0) is 0 Å². The Kier molecular flexibility index (Phi) is 3.05. The van der Waals surface area contributed by atoms with Crippen molar-refractivity contribution in [3.8, 4) is 0 Å². The second-order valence-corrected chi connectivity index (χ2v) is 2.85. The largest absolute Gasteiger partial charge is 0.0813 e. The van der Waals surface area contributed by atoms with E-state index in [9.17, 15) is 0 Å². The number of hydrogen-bond acceptors (Lipinski definition) is 0. The Labute approximate surface area is 64.8 Å². The van der Waals surface area contributed by atoms with Crippen molar-refractivity contribution in [1.29, 1.82) is 0 Å². The number of rotatable bonds is 1. The molecule has 0 spiro atoms. The maximum absolute atomic E-state index is 3.26. The lowest BCUT2D eigenvalue weighted by atomic mass is 10.0. The molecule has 1 rings (SSSR count). The van der Waals surface area contributed by atoms with Crippen LogP contribution in [0.25, 0.3) is 0 Å². The highest BCUT2D eigenvalue weighted by molar-refractivity contribution is 9.11. The van der Waals surface area contributed by atoms with Gasteiger partial charge in [-0.2, -0.15) is 0 Å². The Hall–Kier alpha value is -0.0400. The fourth-order valence-corrected chi connectivity index (χ4v) is 1.43. The molecule has 0 aliphatic heterocycles. The van der Waals surface area contributed by atoms with Gasteiger partial charge in [0, 0.05) is 0 Å². The minimum absolute atomic E-state index is 1.27. The smallest absolute Gasteiger partial charge is 0.0186 e. The van der Waals surface area contributed by atoms with Crippen LogP contribution < -0.4 is 0 Å². The molecule has 0 aromatic carbocycles. The van der Waals surface area contributed by atoms with E-state index in [-0.39, 0.29) is 0 Å². The molecule has 1 heteroatoms. The van der Waals surface area contributed by atoms with Crippen LogP contribution >= 0.6 is 15.9 Å². The first-order valence-electron chi connectivity index (χ1n) is 3.39. The average molecular weight is 187 g/mol. The Morgan fingerprint density at radius 1 is 1.44 bits per heavy atom.